The van der Waals surface area contributed by atoms with Gasteiger partial charge < -0.3 is 9.47 Å². The van der Waals surface area contributed by atoms with Crippen LogP contribution in [0, 0.1) is 0 Å². The first-order valence-corrected chi connectivity index (χ1v) is 9.93. The van der Waals surface area contributed by atoms with E-state index in [1.807, 2.05) is 24.3 Å². The Morgan fingerprint density at radius 3 is 2.73 bits per heavy atom. The van der Waals surface area contributed by atoms with Crippen molar-refractivity contribution in [1.29, 1.82) is 0 Å². The number of thiocarbonyl (C=S) groups is 1. The summed E-state index contributed by atoms with van der Waals surface area (Å²) in [5.74, 6) is 1.39. The van der Waals surface area contributed by atoms with Crippen molar-refractivity contribution in [3.05, 3.63) is 52.3 Å². The van der Waals surface area contributed by atoms with Gasteiger partial charge in [0.1, 0.15) is 15.8 Å². The molecular weight excluding hydrogens is 436 g/mol. The highest BCUT2D eigenvalue weighted by molar-refractivity contribution is 9.10. The first kappa shape index (κ1) is 19.1. The molecule has 26 heavy (non-hydrogen) atoms. The number of thioether (sulfide) groups is 1. The van der Waals surface area contributed by atoms with Gasteiger partial charge in [-0.1, -0.05) is 30.0 Å². The van der Waals surface area contributed by atoms with Crippen LogP contribution in [0.3, 0.4) is 0 Å². The Morgan fingerprint density at radius 2 is 2.08 bits per heavy atom. The van der Waals surface area contributed by atoms with Crippen LogP contribution >= 0.6 is 39.9 Å². The van der Waals surface area contributed by atoms with Crippen LogP contribution in [0.2, 0.25) is 0 Å². The van der Waals surface area contributed by atoms with Crippen molar-refractivity contribution < 1.29 is 14.3 Å². The number of carbonyl (C=O) groups excluding carboxylic acids is 1. The summed E-state index contributed by atoms with van der Waals surface area (Å²) >= 11 is 10.3. The molecule has 0 unspecified atom stereocenters. The van der Waals surface area contributed by atoms with Crippen LogP contribution in [0.25, 0.3) is 0 Å². The highest BCUT2D eigenvalue weighted by Gasteiger charge is 2.37. The van der Waals surface area contributed by atoms with E-state index in [9.17, 15) is 4.79 Å². The molecule has 0 N–H and O–H groups in total. The average molecular weight is 453 g/mol. The largest absolute Gasteiger partial charge is 0.496 e. The molecule has 136 valence electrons. The molecule has 1 saturated heterocycles. The van der Waals surface area contributed by atoms with E-state index in [0.29, 0.717) is 28.8 Å². The van der Waals surface area contributed by atoms with E-state index in [2.05, 4.69) is 20.9 Å². The lowest BCUT2D eigenvalue weighted by Crippen LogP contribution is -2.31. The summed E-state index contributed by atoms with van der Waals surface area (Å²) in [5.41, 5.74) is 1.88. The molecular formula is C18H17BrN2O3S2. The molecule has 2 aromatic rings. The van der Waals surface area contributed by atoms with Crippen molar-refractivity contribution >= 4 is 50.1 Å². The van der Waals surface area contributed by atoms with E-state index >= 15 is 0 Å². The lowest BCUT2D eigenvalue weighted by atomic mass is 10.1. The fourth-order valence-electron chi connectivity index (χ4n) is 2.73. The number of pyridine rings is 1. The standard InChI is InChI=1S/C18H17BrN2O3S2/c1-23-14-8-15(24-2)13(19)6-12(14)7-16-17(22)21(18(25)26-16)10-11-4-3-5-20-9-11/h3-6,8-9,16H,7,10H2,1-2H3/t16-/m1/s1. The third-order valence-corrected chi connectivity index (χ3v) is 6.23. The summed E-state index contributed by atoms with van der Waals surface area (Å²) in [6, 6.07) is 7.53. The summed E-state index contributed by atoms with van der Waals surface area (Å²) < 4.78 is 12.2. The number of benzene rings is 1. The Kier molecular flexibility index (Phi) is 6.16. The molecule has 2 heterocycles. The Balaban J connectivity index is 1.78. The number of carbonyl (C=O) groups is 1. The van der Waals surface area contributed by atoms with Crippen LogP contribution in [0.1, 0.15) is 11.1 Å². The second kappa shape index (κ2) is 8.37. The molecule has 1 amide bonds. The summed E-state index contributed by atoms with van der Waals surface area (Å²) in [6.45, 7) is 0.443. The van der Waals surface area contributed by atoms with Gasteiger partial charge in [0.15, 0.2) is 0 Å². The van der Waals surface area contributed by atoms with Crippen molar-refractivity contribution in [3.63, 3.8) is 0 Å². The normalized spacial score (nSPS) is 16.9. The molecule has 0 radical (unpaired) electrons. The van der Waals surface area contributed by atoms with Gasteiger partial charge >= 0.3 is 0 Å². The number of hydrogen-bond donors (Lipinski definition) is 0. The van der Waals surface area contributed by atoms with Gasteiger partial charge in [-0.25, -0.2) is 0 Å². The SMILES string of the molecule is COc1cc(OC)c(C[C@H]2SC(=S)N(Cc3cccnc3)C2=O)cc1Br. The first-order chi connectivity index (χ1) is 12.5. The zero-order valence-corrected chi connectivity index (χ0v) is 17.5. The van der Waals surface area contributed by atoms with Gasteiger partial charge in [-0.05, 0) is 45.6 Å². The second-order valence-corrected chi connectivity index (χ2v) is 8.35. The number of hydrogen-bond acceptors (Lipinski definition) is 6. The molecule has 1 atom stereocenters. The fraction of sp³-hybridized carbons (Fsp3) is 0.278. The zero-order chi connectivity index (χ0) is 18.7. The number of rotatable bonds is 6. The summed E-state index contributed by atoms with van der Waals surface area (Å²) in [6.07, 6.45) is 3.98. The number of ether oxygens (including phenoxy) is 2. The maximum absolute atomic E-state index is 12.9. The highest BCUT2D eigenvalue weighted by Crippen LogP contribution is 2.37. The quantitative estimate of drug-likeness (QED) is 0.620. The Bertz CT molecular complexity index is 833. The number of amides is 1. The molecule has 0 saturated carbocycles. The third kappa shape index (κ3) is 4.02. The second-order valence-electron chi connectivity index (χ2n) is 5.66. The van der Waals surface area contributed by atoms with Gasteiger partial charge in [0.25, 0.3) is 0 Å². The smallest absolute Gasteiger partial charge is 0.242 e. The highest BCUT2D eigenvalue weighted by atomic mass is 79.9. The fourth-order valence-corrected chi connectivity index (χ4v) is 4.80. The lowest BCUT2D eigenvalue weighted by molar-refractivity contribution is -0.126. The summed E-state index contributed by atoms with van der Waals surface area (Å²) in [4.78, 5) is 18.6. The van der Waals surface area contributed by atoms with E-state index in [0.717, 1.165) is 15.6 Å². The molecule has 1 fully saturated rings. The predicted molar refractivity (Wildman–Crippen MR) is 110 cm³/mol. The van der Waals surface area contributed by atoms with Crippen LogP contribution in [0.15, 0.2) is 41.1 Å². The molecule has 1 aliphatic heterocycles. The van der Waals surface area contributed by atoms with Crippen molar-refractivity contribution in [2.45, 2.75) is 18.2 Å². The van der Waals surface area contributed by atoms with Gasteiger partial charge in [0.2, 0.25) is 5.91 Å². The van der Waals surface area contributed by atoms with E-state index < -0.39 is 0 Å². The number of halogens is 1. The van der Waals surface area contributed by atoms with Crippen molar-refractivity contribution in [2.75, 3.05) is 14.2 Å². The maximum Gasteiger partial charge on any atom is 0.242 e. The number of methoxy groups -OCH3 is 2. The third-order valence-electron chi connectivity index (χ3n) is 4.03. The van der Waals surface area contributed by atoms with Gasteiger partial charge in [0, 0.05) is 18.5 Å². The Hall–Kier alpha value is -1.64. The van der Waals surface area contributed by atoms with Crippen molar-refractivity contribution in [3.8, 4) is 11.5 Å². The van der Waals surface area contributed by atoms with E-state index in [1.54, 1.807) is 31.5 Å². The minimum absolute atomic E-state index is 0.0119. The molecule has 8 heteroatoms. The maximum atomic E-state index is 12.9. The van der Waals surface area contributed by atoms with E-state index in [1.165, 1.54) is 11.8 Å². The van der Waals surface area contributed by atoms with Crippen molar-refractivity contribution in [2.24, 2.45) is 0 Å². The first-order valence-electron chi connectivity index (χ1n) is 7.84. The topological polar surface area (TPSA) is 51.7 Å². The molecule has 5 nitrogen and oxygen atoms in total. The molecule has 0 spiro atoms. The van der Waals surface area contributed by atoms with Gasteiger partial charge in [-0.15, -0.1) is 0 Å². The van der Waals surface area contributed by atoms with Crippen LogP contribution in [-0.2, 0) is 17.8 Å². The minimum atomic E-state index is -0.270. The summed E-state index contributed by atoms with van der Waals surface area (Å²) in [7, 11) is 3.21. The van der Waals surface area contributed by atoms with Crippen molar-refractivity contribution in [1.82, 2.24) is 9.88 Å². The molecule has 0 bridgehead atoms. The molecule has 1 aliphatic rings. The number of nitrogens with zero attached hydrogens (tertiary/aromatic N) is 2. The lowest BCUT2D eigenvalue weighted by Gasteiger charge is -2.16. The van der Waals surface area contributed by atoms with Crippen LogP contribution in [-0.4, -0.2) is 39.6 Å². The number of aromatic nitrogens is 1. The zero-order valence-electron chi connectivity index (χ0n) is 14.3. The molecule has 1 aromatic carbocycles. The average Bonchev–Trinajstić information content (AvgIpc) is 2.90. The van der Waals surface area contributed by atoms with Crippen LogP contribution in [0.5, 0.6) is 11.5 Å². The Labute approximate surface area is 170 Å². The monoisotopic (exact) mass is 452 g/mol. The Morgan fingerprint density at radius 1 is 1.31 bits per heavy atom. The van der Waals surface area contributed by atoms with Crippen LogP contribution in [0.4, 0.5) is 0 Å². The van der Waals surface area contributed by atoms with E-state index in [4.69, 9.17) is 21.7 Å². The molecule has 3 rings (SSSR count). The van der Waals surface area contributed by atoms with Gasteiger partial charge in [-0.2, -0.15) is 0 Å². The van der Waals surface area contributed by atoms with Gasteiger partial charge in [-0.3, -0.25) is 14.7 Å². The molecule has 1 aromatic heterocycles. The molecule has 0 aliphatic carbocycles. The van der Waals surface area contributed by atoms with Crippen LogP contribution < -0.4 is 9.47 Å². The predicted octanol–water partition coefficient (Wildman–Crippen LogP) is 3.83. The summed E-state index contributed by atoms with van der Waals surface area (Å²) in [5, 5.41) is -0.270. The van der Waals surface area contributed by atoms with E-state index in [-0.39, 0.29) is 11.2 Å². The minimum Gasteiger partial charge on any atom is -0.496 e. The van der Waals surface area contributed by atoms with Gasteiger partial charge in [0.05, 0.1) is 30.5 Å².